The minimum Gasteiger partial charge on any atom is -0.0610 e. The van der Waals surface area contributed by atoms with E-state index in [1.165, 1.54) is 54.6 Å². The van der Waals surface area contributed by atoms with Gasteiger partial charge in [-0.2, -0.15) is 0 Å². The summed E-state index contributed by atoms with van der Waals surface area (Å²) in [5.41, 5.74) is 5.08. The van der Waals surface area contributed by atoms with Crippen LogP contribution in [0.1, 0.15) is 11.1 Å². The molecule has 0 atom stereocenters. The number of hydrogen-bond donors (Lipinski definition) is 0. The molecule has 5 aromatic carbocycles. The van der Waals surface area contributed by atoms with Crippen molar-refractivity contribution in [1.82, 2.24) is 0 Å². The van der Waals surface area contributed by atoms with Crippen LogP contribution in [0.25, 0.3) is 43.4 Å². The fourth-order valence-corrected chi connectivity index (χ4v) is 3.93. The maximum Gasteiger partial charge on any atom is -0.00206 e. The fourth-order valence-electron chi connectivity index (χ4n) is 3.93. The maximum absolute atomic E-state index is 3.31. The lowest BCUT2D eigenvalue weighted by atomic mass is 9.88. The average molecular weight is 305 g/mol. The Kier molecular flexibility index (Phi) is 2.72. The molecule has 5 aromatic rings. The number of benzene rings is 5. The summed E-state index contributed by atoms with van der Waals surface area (Å²) >= 11 is 0. The molecule has 0 aliphatic rings. The largest absolute Gasteiger partial charge is 0.0610 e. The van der Waals surface area contributed by atoms with Gasteiger partial charge in [0.25, 0.3) is 0 Å². The van der Waals surface area contributed by atoms with Crippen molar-refractivity contribution in [2.45, 2.75) is 13.8 Å². The van der Waals surface area contributed by atoms with Crippen molar-refractivity contribution in [3.05, 3.63) is 83.9 Å². The highest BCUT2D eigenvalue weighted by Crippen LogP contribution is 2.39. The molecule has 0 saturated heterocycles. The lowest BCUT2D eigenvalue weighted by Gasteiger charge is -2.15. The molecule has 0 bridgehead atoms. The molecule has 0 heterocycles. The highest BCUT2D eigenvalue weighted by atomic mass is 14.2. The Balaban J connectivity index is 1.99. The third-order valence-electron chi connectivity index (χ3n) is 5.12. The molecular weight excluding hydrogens is 288 g/mol. The van der Waals surface area contributed by atoms with E-state index >= 15 is 0 Å². The summed E-state index contributed by atoms with van der Waals surface area (Å²) in [7, 11) is 0. The van der Waals surface area contributed by atoms with Gasteiger partial charge in [-0.15, -0.1) is 0 Å². The Labute approximate surface area is 141 Å². The van der Waals surface area contributed by atoms with Gasteiger partial charge in [0.2, 0.25) is 0 Å². The van der Waals surface area contributed by atoms with Crippen molar-refractivity contribution < 1.29 is 0 Å². The molecule has 5 rings (SSSR count). The summed E-state index contributed by atoms with van der Waals surface area (Å²) in [6, 6.07) is 27.8. The first-order chi connectivity index (χ1) is 11.7. The molecule has 113 valence electrons. The van der Waals surface area contributed by atoms with Gasteiger partial charge in [0, 0.05) is 0 Å². The van der Waals surface area contributed by atoms with Crippen LogP contribution in [-0.4, -0.2) is 0 Å². The van der Waals surface area contributed by atoms with Crippen LogP contribution < -0.4 is 0 Å². The normalized spacial score (nSPS) is 11.8. The number of rotatable bonds is 1. The van der Waals surface area contributed by atoms with Gasteiger partial charge in [-0.1, -0.05) is 66.7 Å². The van der Waals surface area contributed by atoms with Gasteiger partial charge in [-0.05, 0) is 74.5 Å². The summed E-state index contributed by atoms with van der Waals surface area (Å²) in [6.07, 6.45) is 0. The molecule has 0 aromatic heterocycles. The van der Waals surface area contributed by atoms with Crippen molar-refractivity contribution in [2.24, 2.45) is 0 Å². The van der Waals surface area contributed by atoms with Gasteiger partial charge < -0.3 is 0 Å². The van der Waals surface area contributed by atoms with E-state index < -0.39 is 0 Å². The summed E-state index contributed by atoms with van der Waals surface area (Å²) in [6.45, 7) is 4.28. The van der Waals surface area contributed by atoms with Crippen molar-refractivity contribution in [3.63, 3.8) is 0 Å². The molecule has 0 N–H and O–H groups in total. The van der Waals surface area contributed by atoms with Crippen LogP contribution in [0, 0.1) is 19.9 Å². The lowest BCUT2D eigenvalue weighted by Crippen LogP contribution is -1.89. The standard InChI is InChI=1S/C24H17/c1-15-6-7-16(2)22(14-15)20-12-10-19-9-8-17-4-3-5-18-11-13-21(20)24(19)23(17)18/h3-5,7-14H,1-2H3. The first kappa shape index (κ1) is 13.6. The van der Waals surface area contributed by atoms with Gasteiger partial charge >= 0.3 is 0 Å². The monoisotopic (exact) mass is 305 g/mol. The minimum absolute atomic E-state index is 1.18. The molecule has 0 amide bonds. The zero-order valence-electron chi connectivity index (χ0n) is 13.9. The Bertz CT molecular complexity index is 1200. The molecule has 0 saturated carbocycles. The molecule has 0 fully saturated rings. The predicted molar refractivity (Wildman–Crippen MR) is 104 cm³/mol. The zero-order valence-corrected chi connectivity index (χ0v) is 13.9. The molecule has 1 radical (unpaired) electrons. The highest BCUT2D eigenvalue weighted by molar-refractivity contribution is 6.25. The van der Waals surface area contributed by atoms with E-state index in [4.69, 9.17) is 0 Å². The van der Waals surface area contributed by atoms with E-state index in [9.17, 15) is 0 Å². The van der Waals surface area contributed by atoms with Crippen molar-refractivity contribution >= 4 is 32.3 Å². The first-order valence-corrected chi connectivity index (χ1v) is 8.38. The number of aryl methyl sites for hydroxylation is 2. The molecule has 0 unspecified atom stereocenters. The average Bonchev–Trinajstić information content (AvgIpc) is 2.62. The summed E-state index contributed by atoms with van der Waals surface area (Å²) in [5.74, 6) is 0. The molecule has 0 aliphatic heterocycles. The molecule has 24 heavy (non-hydrogen) atoms. The summed E-state index contributed by atoms with van der Waals surface area (Å²) in [4.78, 5) is 0. The van der Waals surface area contributed by atoms with Gasteiger partial charge in [0.1, 0.15) is 0 Å². The third kappa shape index (κ3) is 1.80. The first-order valence-electron chi connectivity index (χ1n) is 8.38. The Morgan fingerprint density at radius 3 is 2.12 bits per heavy atom. The third-order valence-corrected chi connectivity index (χ3v) is 5.12. The van der Waals surface area contributed by atoms with Crippen LogP contribution in [-0.2, 0) is 0 Å². The molecule has 0 heteroatoms. The molecule has 0 spiro atoms. The molecular formula is C24H17. The van der Waals surface area contributed by atoms with Gasteiger partial charge in [0.05, 0.1) is 0 Å². The Morgan fingerprint density at radius 2 is 1.33 bits per heavy atom. The van der Waals surface area contributed by atoms with Gasteiger partial charge in [0.15, 0.2) is 0 Å². The van der Waals surface area contributed by atoms with Crippen LogP contribution in [0.2, 0.25) is 0 Å². The van der Waals surface area contributed by atoms with E-state index in [1.54, 1.807) is 0 Å². The van der Waals surface area contributed by atoms with Crippen LogP contribution >= 0.6 is 0 Å². The van der Waals surface area contributed by atoms with E-state index in [0.717, 1.165) is 0 Å². The van der Waals surface area contributed by atoms with Gasteiger partial charge in [-0.3, -0.25) is 0 Å². The minimum atomic E-state index is 1.18. The van der Waals surface area contributed by atoms with Crippen LogP contribution in [0.15, 0.2) is 66.7 Å². The second-order valence-electron chi connectivity index (χ2n) is 6.68. The smallest absolute Gasteiger partial charge is 0.00206 e. The second-order valence-corrected chi connectivity index (χ2v) is 6.68. The van der Waals surface area contributed by atoms with E-state index in [2.05, 4.69) is 86.6 Å². The highest BCUT2D eigenvalue weighted by Gasteiger charge is 2.12. The predicted octanol–water partition coefficient (Wildman–Crippen LogP) is 6.67. The number of hydrogen-bond acceptors (Lipinski definition) is 0. The van der Waals surface area contributed by atoms with Crippen molar-refractivity contribution in [1.29, 1.82) is 0 Å². The van der Waals surface area contributed by atoms with Crippen molar-refractivity contribution in [3.8, 4) is 11.1 Å². The van der Waals surface area contributed by atoms with E-state index in [0.29, 0.717) is 0 Å². The SMILES string of the molecule is Cc1[c]cc(C)c(-c2ccc3ccc4cccc5ccc2c3c45)c1. The summed E-state index contributed by atoms with van der Waals surface area (Å²) in [5, 5.41) is 8.05. The van der Waals surface area contributed by atoms with E-state index in [1.807, 2.05) is 0 Å². The maximum atomic E-state index is 3.31. The lowest BCUT2D eigenvalue weighted by molar-refractivity contribution is 1.39. The van der Waals surface area contributed by atoms with Gasteiger partial charge in [-0.25, -0.2) is 0 Å². The summed E-state index contributed by atoms with van der Waals surface area (Å²) < 4.78 is 0. The van der Waals surface area contributed by atoms with Crippen LogP contribution in [0.4, 0.5) is 0 Å². The fraction of sp³-hybridized carbons (Fsp3) is 0.0833. The zero-order chi connectivity index (χ0) is 16.3. The van der Waals surface area contributed by atoms with Crippen LogP contribution in [0.5, 0.6) is 0 Å². The second kappa shape index (κ2) is 4.82. The Morgan fingerprint density at radius 1 is 0.667 bits per heavy atom. The topological polar surface area (TPSA) is 0 Å². The van der Waals surface area contributed by atoms with E-state index in [-0.39, 0.29) is 0 Å². The molecule has 0 nitrogen and oxygen atoms in total. The van der Waals surface area contributed by atoms with Crippen LogP contribution in [0.3, 0.4) is 0 Å². The Hall–Kier alpha value is -2.86. The quantitative estimate of drug-likeness (QED) is 0.303. The molecule has 0 aliphatic carbocycles. The van der Waals surface area contributed by atoms with Crippen molar-refractivity contribution in [2.75, 3.05) is 0 Å².